The van der Waals surface area contributed by atoms with E-state index in [1.165, 1.54) is 16.4 Å². The van der Waals surface area contributed by atoms with E-state index in [9.17, 15) is 0 Å². The zero-order valence-corrected chi connectivity index (χ0v) is 13.3. The molecule has 6 heteroatoms. The van der Waals surface area contributed by atoms with Crippen LogP contribution in [0, 0.1) is 6.92 Å². The molecule has 0 aliphatic heterocycles. The fourth-order valence-corrected chi connectivity index (χ4v) is 3.01. The summed E-state index contributed by atoms with van der Waals surface area (Å²) in [6, 6.07) is 0.257. The summed E-state index contributed by atoms with van der Waals surface area (Å²) in [5.41, 5.74) is 1.03. The van der Waals surface area contributed by atoms with E-state index in [0.717, 1.165) is 43.9 Å². The monoisotopic (exact) mass is 293 g/mol. The average Bonchev–Trinajstić information content (AvgIpc) is 3.04. The number of aromatic nitrogens is 4. The molecule has 0 saturated heterocycles. The van der Waals surface area contributed by atoms with E-state index in [0.29, 0.717) is 0 Å². The van der Waals surface area contributed by atoms with Crippen molar-refractivity contribution in [1.82, 2.24) is 24.5 Å². The minimum Gasteiger partial charge on any atom is -0.335 e. The fraction of sp³-hybridized carbons (Fsp3) is 0.643. The molecule has 1 unspecified atom stereocenters. The van der Waals surface area contributed by atoms with Crippen LogP contribution < -0.4 is 5.32 Å². The Morgan fingerprint density at radius 3 is 2.85 bits per heavy atom. The fourth-order valence-electron chi connectivity index (χ4n) is 2.29. The highest BCUT2D eigenvalue weighted by Gasteiger charge is 2.19. The lowest BCUT2D eigenvalue weighted by Gasteiger charge is -2.17. The summed E-state index contributed by atoms with van der Waals surface area (Å²) in [7, 11) is 0. The molecule has 0 radical (unpaired) electrons. The third-order valence-corrected chi connectivity index (χ3v) is 4.24. The van der Waals surface area contributed by atoms with Crippen molar-refractivity contribution in [1.29, 1.82) is 0 Å². The first kappa shape index (κ1) is 15.1. The molecule has 1 atom stereocenters. The van der Waals surface area contributed by atoms with Crippen molar-refractivity contribution in [2.75, 3.05) is 6.54 Å². The van der Waals surface area contributed by atoms with Gasteiger partial charge in [-0.25, -0.2) is 4.98 Å². The molecule has 0 saturated carbocycles. The maximum Gasteiger partial charge on any atom is 0.110 e. The van der Waals surface area contributed by atoms with Crippen LogP contribution in [0.2, 0.25) is 0 Å². The number of nitrogens with zero attached hydrogens (tertiary/aromatic N) is 4. The Morgan fingerprint density at radius 1 is 1.35 bits per heavy atom. The largest absolute Gasteiger partial charge is 0.335 e. The van der Waals surface area contributed by atoms with Crippen molar-refractivity contribution < 1.29 is 0 Å². The molecule has 0 spiro atoms. The maximum absolute atomic E-state index is 4.51. The molecular weight excluding hydrogens is 270 g/mol. The zero-order chi connectivity index (χ0) is 14.4. The summed E-state index contributed by atoms with van der Waals surface area (Å²) in [4.78, 5) is 5.74. The molecule has 2 rings (SSSR count). The van der Waals surface area contributed by atoms with Gasteiger partial charge in [0.1, 0.15) is 5.82 Å². The highest BCUT2D eigenvalue weighted by Crippen LogP contribution is 2.23. The summed E-state index contributed by atoms with van der Waals surface area (Å²) in [6.45, 7) is 8.41. The van der Waals surface area contributed by atoms with Gasteiger partial charge in [0.15, 0.2) is 0 Å². The second kappa shape index (κ2) is 7.50. The topological polar surface area (TPSA) is 55.6 Å². The minimum absolute atomic E-state index is 0.257. The molecule has 2 aromatic rings. The van der Waals surface area contributed by atoms with E-state index in [1.54, 1.807) is 0 Å². The van der Waals surface area contributed by atoms with Gasteiger partial charge in [0.2, 0.25) is 0 Å². The van der Waals surface area contributed by atoms with Gasteiger partial charge >= 0.3 is 0 Å². The highest BCUT2D eigenvalue weighted by atomic mass is 32.1. The predicted molar refractivity (Wildman–Crippen MR) is 81.9 cm³/mol. The van der Waals surface area contributed by atoms with Crippen LogP contribution in [-0.4, -0.2) is 25.7 Å². The molecule has 0 aliphatic carbocycles. The van der Waals surface area contributed by atoms with E-state index in [4.69, 9.17) is 0 Å². The van der Waals surface area contributed by atoms with Crippen molar-refractivity contribution in [2.24, 2.45) is 0 Å². The molecule has 2 heterocycles. The molecule has 0 aromatic carbocycles. The van der Waals surface area contributed by atoms with Gasteiger partial charge in [-0.05, 0) is 37.8 Å². The second-order valence-electron chi connectivity index (χ2n) is 4.97. The molecule has 1 N–H and O–H groups in total. The van der Waals surface area contributed by atoms with Crippen molar-refractivity contribution in [3.8, 4) is 0 Å². The Morgan fingerprint density at radius 2 is 2.20 bits per heavy atom. The summed E-state index contributed by atoms with van der Waals surface area (Å²) < 4.78 is 6.30. The first-order valence-corrected chi connectivity index (χ1v) is 8.05. The summed E-state index contributed by atoms with van der Waals surface area (Å²) >= 11 is 1.49. The molecule has 0 bridgehead atoms. The van der Waals surface area contributed by atoms with Gasteiger partial charge in [-0.3, -0.25) is 0 Å². The Kier molecular flexibility index (Phi) is 5.67. The smallest absolute Gasteiger partial charge is 0.110 e. The van der Waals surface area contributed by atoms with Crippen LogP contribution in [0.5, 0.6) is 0 Å². The van der Waals surface area contributed by atoms with Crippen LogP contribution in [0.1, 0.15) is 49.1 Å². The number of hydrogen-bond acceptors (Lipinski definition) is 5. The van der Waals surface area contributed by atoms with Gasteiger partial charge in [-0.1, -0.05) is 18.3 Å². The molecule has 20 heavy (non-hydrogen) atoms. The van der Waals surface area contributed by atoms with Crippen LogP contribution >= 0.6 is 11.5 Å². The van der Waals surface area contributed by atoms with Gasteiger partial charge in [0, 0.05) is 25.4 Å². The summed E-state index contributed by atoms with van der Waals surface area (Å²) in [5, 5.41) is 7.73. The highest BCUT2D eigenvalue weighted by molar-refractivity contribution is 7.05. The van der Waals surface area contributed by atoms with E-state index >= 15 is 0 Å². The molecule has 0 fully saturated rings. The molecule has 2 aromatic heterocycles. The number of imidazole rings is 1. The third kappa shape index (κ3) is 3.64. The first-order valence-electron chi connectivity index (χ1n) is 7.28. The second-order valence-corrected chi connectivity index (χ2v) is 5.76. The lowest BCUT2D eigenvalue weighted by atomic mass is 10.1. The number of hydrogen-bond donors (Lipinski definition) is 1. The summed E-state index contributed by atoms with van der Waals surface area (Å²) in [5.74, 6) is 1.13. The van der Waals surface area contributed by atoms with E-state index < -0.39 is 0 Å². The first-order chi connectivity index (χ1) is 9.76. The zero-order valence-electron chi connectivity index (χ0n) is 12.5. The van der Waals surface area contributed by atoms with Crippen molar-refractivity contribution in [3.05, 3.63) is 28.8 Å². The minimum atomic E-state index is 0.257. The van der Waals surface area contributed by atoms with Crippen molar-refractivity contribution >= 4 is 11.5 Å². The average molecular weight is 293 g/mol. The molecule has 110 valence electrons. The maximum atomic E-state index is 4.51. The Balaban J connectivity index is 2.15. The quantitative estimate of drug-likeness (QED) is 0.813. The van der Waals surface area contributed by atoms with E-state index in [1.807, 2.05) is 13.1 Å². The lowest BCUT2D eigenvalue weighted by molar-refractivity contribution is 0.506. The number of rotatable bonds is 8. The lowest BCUT2D eigenvalue weighted by Crippen LogP contribution is -2.25. The predicted octanol–water partition coefficient (Wildman–Crippen LogP) is 2.74. The van der Waals surface area contributed by atoms with Gasteiger partial charge in [-0.2, -0.15) is 0 Å². The van der Waals surface area contributed by atoms with E-state index in [2.05, 4.69) is 44.5 Å². The van der Waals surface area contributed by atoms with Crippen molar-refractivity contribution in [3.63, 3.8) is 0 Å². The number of aryl methyl sites for hydroxylation is 2. The van der Waals surface area contributed by atoms with Gasteiger partial charge in [0.25, 0.3) is 0 Å². The van der Waals surface area contributed by atoms with Crippen LogP contribution in [0.25, 0.3) is 0 Å². The molecule has 5 nitrogen and oxygen atoms in total. The van der Waals surface area contributed by atoms with Gasteiger partial charge in [-0.15, -0.1) is 5.10 Å². The van der Waals surface area contributed by atoms with Crippen LogP contribution in [0.3, 0.4) is 0 Å². The van der Waals surface area contributed by atoms with Crippen molar-refractivity contribution in [2.45, 2.75) is 52.6 Å². The Hall–Kier alpha value is -1.27. The van der Waals surface area contributed by atoms with Gasteiger partial charge < -0.3 is 9.88 Å². The molecule has 0 amide bonds. The van der Waals surface area contributed by atoms with Crippen LogP contribution in [-0.2, 0) is 13.0 Å². The molecule has 0 aliphatic rings. The van der Waals surface area contributed by atoms with E-state index in [-0.39, 0.29) is 6.04 Å². The van der Waals surface area contributed by atoms with Crippen LogP contribution in [0.15, 0.2) is 12.4 Å². The number of nitrogens with one attached hydrogen (secondary N) is 1. The SMILES string of the molecule is CCCNC(Cc1nccn1CCC)c1snnc1C. The summed E-state index contributed by atoms with van der Waals surface area (Å²) in [6.07, 6.45) is 7.08. The normalized spacial score (nSPS) is 12.8. The Bertz CT molecular complexity index is 519. The Labute approximate surface area is 124 Å². The standard InChI is InChI=1S/C14H23N5S/c1-4-6-15-12(14-11(3)17-18-20-14)10-13-16-7-9-19(13)8-5-2/h7,9,12,15H,4-6,8,10H2,1-3H3. The van der Waals surface area contributed by atoms with Crippen LogP contribution in [0.4, 0.5) is 0 Å². The van der Waals surface area contributed by atoms with Gasteiger partial charge in [0.05, 0.1) is 16.6 Å². The third-order valence-electron chi connectivity index (χ3n) is 3.30. The molecular formula is C14H23N5S.